The van der Waals surface area contributed by atoms with Crippen molar-refractivity contribution >= 4 is 0 Å². The molecule has 4 atom stereocenters. The van der Waals surface area contributed by atoms with Crippen LogP contribution >= 0.6 is 0 Å². The number of ether oxygens (including phenoxy) is 1. The maximum absolute atomic E-state index is 5.52. The molecule has 1 aliphatic heterocycles. The summed E-state index contributed by atoms with van der Waals surface area (Å²) in [5.74, 6) is 3.11. The largest absolute Gasteiger partial charge is 0.497 e. The summed E-state index contributed by atoms with van der Waals surface area (Å²) in [4.78, 5) is 0. The van der Waals surface area contributed by atoms with Gasteiger partial charge in [-0.3, -0.25) is 0 Å². The number of methoxy groups -OCH3 is 1. The lowest BCUT2D eigenvalue weighted by atomic mass is 9.59. The van der Waals surface area contributed by atoms with Crippen molar-refractivity contribution in [1.82, 2.24) is 5.32 Å². The van der Waals surface area contributed by atoms with Crippen molar-refractivity contribution in [3.63, 3.8) is 0 Å². The van der Waals surface area contributed by atoms with Crippen LogP contribution in [0.4, 0.5) is 0 Å². The molecule has 2 nitrogen and oxygen atoms in total. The molecular weight excluding hydrogens is 354 g/mol. The van der Waals surface area contributed by atoms with Gasteiger partial charge in [0.15, 0.2) is 0 Å². The van der Waals surface area contributed by atoms with Crippen molar-refractivity contribution in [1.29, 1.82) is 0 Å². The van der Waals surface area contributed by atoms with E-state index in [1.807, 2.05) is 0 Å². The second-order valence-electron chi connectivity index (χ2n) is 9.06. The zero-order valence-corrected chi connectivity index (χ0v) is 17.8. The third-order valence-corrected chi connectivity index (χ3v) is 7.42. The van der Waals surface area contributed by atoms with Gasteiger partial charge in [0.25, 0.3) is 0 Å². The molecule has 0 aromatic heterocycles. The molecule has 2 fully saturated rings. The summed E-state index contributed by atoms with van der Waals surface area (Å²) < 4.78 is 5.52. The van der Waals surface area contributed by atoms with Crippen LogP contribution in [-0.2, 0) is 6.42 Å². The van der Waals surface area contributed by atoms with E-state index >= 15 is 0 Å². The normalized spacial score (nSPS) is 28.7. The summed E-state index contributed by atoms with van der Waals surface area (Å²) in [6, 6.07) is 19.8. The lowest BCUT2D eigenvalue weighted by molar-refractivity contribution is 0.0521. The summed E-state index contributed by atoms with van der Waals surface area (Å²) in [6.07, 6.45) is 10.7. The molecule has 2 aliphatic rings. The van der Waals surface area contributed by atoms with Gasteiger partial charge in [0, 0.05) is 5.54 Å². The quantitative estimate of drug-likeness (QED) is 0.548. The second-order valence-corrected chi connectivity index (χ2v) is 9.06. The number of hydrogen-bond acceptors (Lipinski definition) is 2. The van der Waals surface area contributed by atoms with E-state index in [2.05, 4.69) is 72.6 Å². The van der Waals surface area contributed by atoms with Gasteiger partial charge in [-0.15, -0.1) is 6.58 Å². The predicted molar refractivity (Wildman–Crippen MR) is 121 cm³/mol. The van der Waals surface area contributed by atoms with Gasteiger partial charge in [-0.2, -0.15) is 0 Å². The highest BCUT2D eigenvalue weighted by molar-refractivity contribution is 5.32. The molecule has 1 saturated carbocycles. The van der Waals surface area contributed by atoms with Crippen LogP contribution in [-0.4, -0.2) is 19.2 Å². The van der Waals surface area contributed by atoms with Crippen LogP contribution in [0.1, 0.15) is 55.6 Å². The smallest absolute Gasteiger partial charge is 0.119 e. The van der Waals surface area contributed by atoms with Gasteiger partial charge in [0.1, 0.15) is 5.75 Å². The van der Waals surface area contributed by atoms with Crippen LogP contribution in [0.2, 0.25) is 0 Å². The Morgan fingerprint density at radius 1 is 1.17 bits per heavy atom. The molecule has 2 aromatic rings. The van der Waals surface area contributed by atoms with Crippen molar-refractivity contribution in [2.75, 3.05) is 13.7 Å². The van der Waals surface area contributed by atoms with Crippen LogP contribution in [0.3, 0.4) is 0 Å². The van der Waals surface area contributed by atoms with Crippen molar-refractivity contribution in [3.05, 3.63) is 78.4 Å². The molecule has 2 aromatic carbocycles. The third kappa shape index (κ3) is 4.59. The van der Waals surface area contributed by atoms with Crippen LogP contribution in [0.15, 0.2) is 67.3 Å². The van der Waals surface area contributed by atoms with Gasteiger partial charge in [-0.1, -0.05) is 48.5 Å². The zero-order valence-electron chi connectivity index (χ0n) is 17.8. The summed E-state index contributed by atoms with van der Waals surface area (Å²) in [6.45, 7) is 5.11. The number of benzene rings is 2. The van der Waals surface area contributed by atoms with Crippen LogP contribution in [0.5, 0.6) is 5.75 Å². The highest BCUT2D eigenvalue weighted by Gasteiger charge is 2.47. The van der Waals surface area contributed by atoms with E-state index in [0.29, 0.717) is 11.5 Å². The molecular formula is C27H35NO. The Kier molecular flexibility index (Phi) is 6.40. The number of allylic oxidation sites excluding steroid dienone is 1. The topological polar surface area (TPSA) is 21.3 Å². The first-order chi connectivity index (χ1) is 14.2. The van der Waals surface area contributed by atoms with Crippen LogP contribution < -0.4 is 10.1 Å². The molecule has 0 amide bonds. The Morgan fingerprint density at radius 3 is 2.83 bits per heavy atom. The average molecular weight is 390 g/mol. The summed E-state index contributed by atoms with van der Waals surface area (Å²) in [5, 5.41) is 4.03. The molecule has 1 aliphatic carbocycles. The standard InChI is InChI=1S/C27H35NO/c1-3-4-11-23-20-28-27(16-14-21-9-6-5-7-10-21)17-15-25(26(23)19-27)22-12-8-13-24(18-22)29-2/h3,5-10,12-13,18,23,25-26,28H,1,4,11,14-17,19-20H2,2H3. The Hall–Kier alpha value is -2.06. The summed E-state index contributed by atoms with van der Waals surface area (Å²) in [5.41, 5.74) is 3.24. The van der Waals surface area contributed by atoms with Gasteiger partial charge in [0.2, 0.25) is 0 Å². The highest BCUT2D eigenvalue weighted by Crippen LogP contribution is 2.50. The molecule has 4 unspecified atom stereocenters. The number of hydrogen-bond donors (Lipinski definition) is 1. The van der Waals surface area contributed by atoms with E-state index in [1.54, 1.807) is 7.11 Å². The molecule has 2 bridgehead atoms. The fourth-order valence-corrected chi connectivity index (χ4v) is 5.77. The Morgan fingerprint density at radius 2 is 2.03 bits per heavy atom. The van der Waals surface area contributed by atoms with Gasteiger partial charge >= 0.3 is 0 Å². The molecule has 4 rings (SSSR count). The fraction of sp³-hybridized carbons (Fsp3) is 0.481. The van der Waals surface area contributed by atoms with Gasteiger partial charge < -0.3 is 10.1 Å². The number of rotatable bonds is 8. The van der Waals surface area contributed by atoms with Crippen molar-refractivity contribution in [3.8, 4) is 5.75 Å². The maximum atomic E-state index is 5.52. The Bertz CT molecular complexity index is 801. The minimum Gasteiger partial charge on any atom is -0.497 e. The molecule has 154 valence electrons. The first-order valence-electron chi connectivity index (χ1n) is 11.3. The van der Waals surface area contributed by atoms with E-state index in [4.69, 9.17) is 4.74 Å². The molecule has 2 heteroatoms. The number of fused-ring (bicyclic) bond motifs is 2. The number of nitrogens with one attached hydrogen (secondary N) is 1. The van der Waals surface area contributed by atoms with Crippen molar-refractivity contribution in [2.45, 2.75) is 56.4 Å². The first-order valence-corrected chi connectivity index (χ1v) is 11.3. The maximum Gasteiger partial charge on any atom is 0.119 e. The molecule has 1 heterocycles. The Labute approximate surface area is 176 Å². The van der Waals surface area contributed by atoms with E-state index in [-0.39, 0.29) is 0 Å². The average Bonchev–Trinajstić information content (AvgIpc) is 2.78. The van der Waals surface area contributed by atoms with Gasteiger partial charge in [-0.05, 0) is 92.5 Å². The molecule has 1 N–H and O–H groups in total. The van der Waals surface area contributed by atoms with Gasteiger partial charge in [0.05, 0.1) is 7.11 Å². The van der Waals surface area contributed by atoms with Crippen molar-refractivity contribution < 1.29 is 4.74 Å². The lowest BCUT2D eigenvalue weighted by Crippen LogP contribution is -2.58. The third-order valence-electron chi connectivity index (χ3n) is 7.42. The minimum absolute atomic E-state index is 0.306. The molecule has 1 saturated heterocycles. The first kappa shape index (κ1) is 20.2. The number of aryl methyl sites for hydroxylation is 1. The fourth-order valence-electron chi connectivity index (χ4n) is 5.77. The summed E-state index contributed by atoms with van der Waals surface area (Å²) >= 11 is 0. The lowest BCUT2D eigenvalue weighted by Gasteiger charge is -2.53. The SMILES string of the molecule is C=CCCC1CNC2(CCc3ccccc3)CCC(c3cccc(OC)c3)C1C2. The number of piperidine rings is 1. The minimum atomic E-state index is 0.306. The van der Waals surface area contributed by atoms with E-state index in [0.717, 1.165) is 30.6 Å². The van der Waals surface area contributed by atoms with Crippen LogP contribution in [0.25, 0.3) is 0 Å². The molecule has 0 radical (unpaired) electrons. The molecule has 29 heavy (non-hydrogen) atoms. The van der Waals surface area contributed by atoms with E-state index < -0.39 is 0 Å². The van der Waals surface area contributed by atoms with E-state index in [1.165, 1.54) is 49.7 Å². The Balaban J connectivity index is 1.53. The van der Waals surface area contributed by atoms with Gasteiger partial charge in [-0.25, -0.2) is 0 Å². The highest BCUT2D eigenvalue weighted by atomic mass is 16.5. The van der Waals surface area contributed by atoms with E-state index in [9.17, 15) is 0 Å². The zero-order chi connectivity index (χ0) is 20.1. The molecule has 0 spiro atoms. The monoisotopic (exact) mass is 389 g/mol. The van der Waals surface area contributed by atoms with Crippen LogP contribution in [0, 0.1) is 11.8 Å². The second kappa shape index (κ2) is 9.17. The summed E-state index contributed by atoms with van der Waals surface area (Å²) in [7, 11) is 1.77. The predicted octanol–water partition coefficient (Wildman–Crippen LogP) is 6.14. The van der Waals surface area contributed by atoms with Crippen molar-refractivity contribution in [2.24, 2.45) is 11.8 Å².